The lowest BCUT2D eigenvalue weighted by molar-refractivity contribution is 0.253. The van der Waals surface area contributed by atoms with Gasteiger partial charge in [-0.25, -0.2) is 19.6 Å². The van der Waals surface area contributed by atoms with Crippen LogP contribution in [0, 0.1) is 21.0 Å². The summed E-state index contributed by atoms with van der Waals surface area (Å²) in [7, 11) is 3.11. The van der Waals surface area contributed by atoms with E-state index in [1.165, 1.54) is 0 Å². The van der Waals surface area contributed by atoms with Crippen molar-refractivity contribution >= 4 is 102 Å². The number of aryl methyl sites for hydroxylation is 2. The fourth-order valence-corrected chi connectivity index (χ4v) is 6.61. The van der Waals surface area contributed by atoms with Gasteiger partial charge in [0.2, 0.25) is 0 Å². The SMILES string of the molecule is CNC(=O)Nc1cc2c(I)c(-c3cnccc3C)cc(N)c2cn1.CNC(=O)Nc1cc2cc(-c3cnccc3C)c(I)c(N)c2cn1. The third-order valence-corrected chi connectivity index (χ3v) is 9.91. The maximum atomic E-state index is 11.5. The van der Waals surface area contributed by atoms with Crippen molar-refractivity contribution in [3.05, 3.63) is 91.8 Å². The number of nitrogen functional groups attached to an aromatic ring is 2. The fraction of sp³-hybridized carbons (Fsp3) is 0.118. The summed E-state index contributed by atoms with van der Waals surface area (Å²) in [6, 6.07) is 10.9. The second kappa shape index (κ2) is 14.9. The van der Waals surface area contributed by atoms with E-state index in [1.807, 2.05) is 62.6 Å². The quantitative estimate of drug-likeness (QED) is 0.0802. The number of anilines is 4. The number of nitrogens with two attached hydrogens (primary N) is 2. The van der Waals surface area contributed by atoms with Crippen LogP contribution in [0.5, 0.6) is 0 Å². The van der Waals surface area contributed by atoms with E-state index < -0.39 is 0 Å². The normalized spacial score (nSPS) is 10.6. The topological polar surface area (TPSA) is 186 Å². The third-order valence-electron chi connectivity index (χ3n) is 7.58. The molecular formula is C34H32I2N10O2. The van der Waals surface area contributed by atoms with Crippen LogP contribution < -0.4 is 32.7 Å². The van der Waals surface area contributed by atoms with E-state index in [1.54, 1.807) is 38.9 Å². The van der Waals surface area contributed by atoms with Gasteiger partial charge in [-0.15, -0.1) is 0 Å². The van der Waals surface area contributed by atoms with Crippen LogP contribution >= 0.6 is 45.2 Å². The molecule has 4 heterocycles. The molecule has 12 nitrogen and oxygen atoms in total. The zero-order chi connectivity index (χ0) is 34.5. The summed E-state index contributed by atoms with van der Waals surface area (Å²) in [5, 5.41) is 13.9. The zero-order valence-corrected chi connectivity index (χ0v) is 30.8. The Morgan fingerprint density at radius 2 is 1.17 bits per heavy atom. The molecule has 0 saturated heterocycles. The molecule has 6 rings (SSSR count). The van der Waals surface area contributed by atoms with Crippen LogP contribution in [0.15, 0.2) is 73.6 Å². The molecule has 0 fully saturated rings. The van der Waals surface area contributed by atoms with Crippen molar-refractivity contribution in [3.8, 4) is 22.3 Å². The highest BCUT2D eigenvalue weighted by Gasteiger charge is 2.15. The van der Waals surface area contributed by atoms with E-state index in [4.69, 9.17) is 11.5 Å². The summed E-state index contributed by atoms with van der Waals surface area (Å²) in [4.78, 5) is 39.9. The van der Waals surface area contributed by atoms with Crippen molar-refractivity contribution in [2.45, 2.75) is 13.8 Å². The summed E-state index contributed by atoms with van der Waals surface area (Å²) in [5.74, 6) is 0.940. The van der Waals surface area contributed by atoms with Gasteiger partial charge < -0.3 is 22.1 Å². The van der Waals surface area contributed by atoms with Crippen LogP contribution in [0.4, 0.5) is 32.6 Å². The number of hydrogen-bond donors (Lipinski definition) is 6. The first-order chi connectivity index (χ1) is 23.0. The first-order valence-corrected chi connectivity index (χ1v) is 16.7. The lowest BCUT2D eigenvalue weighted by Crippen LogP contribution is -2.24. The molecule has 0 atom stereocenters. The largest absolute Gasteiger partial charge is 0.398 e. The van der Waals surface area contributed by atoms with Gasteiger partial charge in [0.25, 0.3) is 0 Å². The molecule has 0 saturated carbocycles. The van der Waals surface area contributed by atoms with Gasteiger partial charge in [-0.1, -0.05) is 0 Å². The minimum absolute atomic E-state index is 0.316. The molecule has 2 aromatic carbocycles. The number of halogens is 2. The average Bonchev–Trinajstić information content (AvgIpc) is 3.08. The molecule has 0 bridgehead atoms. The minimum atomic E-state index is -0.316. The smallest absolute Gasteiger partial charge is 0.320 e. The molecular weight excluding hydrogens is 834 g/mol. The number of benzene rings is 2. The molecule has 48 heavy (non-hydrogen) atoms. The van der Waals surface area contributed by atoms with Crippen LogP contribution in [-0.4, -0.2) is 46.1 Å². The van der Waals surface area contributed by atoms with Crippen LogP contribution in [0.3, 0.4) is 0 Å². The first-order valence-electron chi connectivity index (χ1n) is 14.6. The molecule has 8 N–H and O–H groups in total. The predicted octanol–water partition coefficient (Wildman–Crippen LogP) is 7.09. The Morgan fingerprint density at radius 3 is 1.71 bits per heavy atom. The molecule has 4 aromatic heterocycles. The number of carbonyl (C=O) groups excluding carboxylic acids is 2. The molecule has 0 aliphatic rings. The van der Waals surface area contributed by atoms with E-state index in [2.05, 4.69) is 86.4 Å². The van der Waals surface area contributed by atoms with Gasteiger partial charge >= 0.3 is 12.1 Å². The molecule has 6 aromatic rings. The molecule has 0 aliphatic carbocycles. The van der Waals surface area contributed by atoms with Gasteiger partial charge in [0, 0.05) is 91.4 Å². The molecule has 4 amide bonds. The Bertz CT molecular complexity index is 2140. The summed E-state index contributed by atoms with van der Waals surface area (Å²) >= 11 is 4.54. The lowest BCUT2D eigenvalue weighted by Gasteiger charge is -2.13. The van der Waals surface area contributed by atoms with Crippen LogP contribution in [-0.2, 0) is 0 Å². The van der Waals surface area contributed by atoms with Gasteiger partial charge in [0.1, 0.15) is 11.6 Å². The van der Waals surface area contributed by atoms with Crippen molar-refractivity contribution in [3.63, 3.8) is 0 Å². The van der Waals surface area contributed by atoms with Crippen LogP contribution in [0.2, 0.25) is 0 Å². The first kappa shape index (κ1) is 34.5. The van der Waals surface area contributed by atoms with Gasteiger partial charge in [0.15, 0.2) is 0 Å². The molecule has 0 radical (unpaired) electrons. The standard InChI is InChI=1S/2C17H16IN5O/c1-9-3-4-21-7-12(9)10-5-14(19)13-8-22-15(23-17(24)20-2)6-11(13)16(10)18;1-9-3-4-21-7-12(9)11-5-10-6-14(23-17(24)20-2)22-8-13(10)16(19)15(11)18/h2*3-8H,19H2,1-2H3,(H2,20,22,23,24). The second-order valence-electron chi connectivity index (χ2n) is 10.7. The Morgan fingerprint density at radius 1 is 0.646 bits per heavy atom. The number of nitrogens with one attached hydrogen (secondary N) is 4. The predicted molar refractivity (Wildman–Crippen MR) is 210 cm³/mol. The van der Waals surface area contributed by atoms with Crippen LogP contribution in [0.25, 0.3) is 43.8 Å². The van der Waals surface area contributed by atoms with Crippen molar-refractivity contribution in [1.29, 1.82) is 0 Å². The molecule has 14 heteroatoms. The van der Waals surface area contributed by atoms with Crippen LogP contribution in [0.1, 0.15) is 11.1 Å². The highest BCUT2D eigenvalue weighted by molar-refractivity contribution is 14.1. The fourth-order valence-electron chi connectivity index (χ4n) is 4.98. The number of nitrogens with zero attached hydrogens (tertiary/aromatic N) is 4. The van der Waals surface area contributed by atoms with Gasteiger partial charge in [0.05, 0.1) is 5.69 Å². The average molecular weight is 867 g/mol. The zero-order valence-electron chi connectivity index (χ0n) is 26.4. The molecule has 0 unspecified atom stereocenters. The summed E-state index contributed by atoms with van der Waals surface area (Å²) in [6.45, 7) is 4.08. The monoisotopic (exact) mass is 866 g/mol. The number of urea groups is 2. The third kappa shape index (κ3) is 7.33. The van der Waals surface area contributed by atoms with Crippen molar-refractivity contribution in [2.75, 3.05) is 36.2 Å². The van der Waals surface area contributed by atoms with Crippen molar-refractivity contribution in [1.82, 2.24) is 30.6 Å². The maximum Gasteiger partial charge on any atom is 0.320 e. The van der Waals surface area contributed by atoms with E-state index >= 15 is 0 Å². The van der Waals surface area contributed by atoms with Crippen molar-refractivity contribution < 1.29 is 9.59 Å². The number of rotatable bonds is 4. The second-order valence-corrected chi connectivity index (χ2v) is 12.8. The Kier molecular flexibility index (Phi) is 10.7. The number of amides is 4. The Hall–Kier alpha value is -4.84. The number of pyridine rings is 4. The summed E-state index contributed by atoms with van der Waals surface area (Å²) < 4.78 is 2.00. The molecule has 0 spiro atoms. The summed E-state index contributed by atoms with van der Waals surface area (Å²) in [6.07, 6.45) is 10.6. The van der Waals surface area contributed by atoms with Gasteiger partial charge in [-0.2, -0.15) is 0 Å². The number of aromatic nitrogens is 4. The van der Waals surface area contributed by atoms with E-state index in [-0.39, 0.29) is 12.1 Å². The number of fused-ring (bicyclic) bond motifs is 2. The van der Waals surface area contributed by atoms with Gasteiger partial charge in [-0.05, 0) is 123 Å². The Balaban J connectivity index is 0.000000188. The maximum absolute atomic E-state index is 11.5. The molecule has 0 aliphatic heterocycles. The number of carbonyl (C=O) groups is 2. The summed E-state index contributed by atoms with van der Waals surface area (Å²) in [5.41, 5.74) is 20.2. The lowest BCUT2D eigenvalue weighted by atomic mass is 9.99. The highest BCUT2D eigenvalue weighted by Crippen LogP contribution is 2.38. The van der Waals surface area contributed by atoms with E-state index in [9.17, 15) is 9.59 Å². The molecule has 244 valence electrons. The van der Waals surface area contributed by atoms with E-state index in [0.29, 0.717) is 23.0 Å². The van der Waals surface area contributed by atoms with Gasteiger partial charge in [-0.3, -0.25) is 20.6 Å². The minimum Gasteiger partial charge on any atom is -0.398 e. The van der Waals surface area contributed by atoms with E-state index in [0.717, 1.165) is 62.1 Å². The van der Waals surface area contributed by atoms with Crippen molar-refractivity contribution in [2.24, 2.45) is 0 Å². The number of hydrogen-bond acceptors (Lipinski definition) is 8. The Labute approximate surface area is 304 Å². The highest BCUT2D eigenvalue weighted by atomic mass is 127.